The van der Waals surface area contributed by atoms with Gasteiger partial charge in [-0.3, -0.25) is 5.43 Å². The highest BCUT2D eigenvalue weighted by molar-refractivity contribution is 9.10. The molecule has 2 rings (SSSR count). The molecule has 0 radical (unpaired) electrons. The molecule has 0 amide bonds. The van der Waals surface area contributed by atoms with E-state index in [1.165, 1.54) is 17.2 Å². The highest BCUT2D eigenvalue weighted by atomic mass is 79.9. The number of nitrogens with zero attached hydrogens (tertiary/aromatic N) is 1. The number of morpholine rings is 1. The number of quaternary nitrogens is 1. The number of thiocarbonyl (C=S) groups is 1. The monoisotopic (exact) mass is 389 g/mol. The van der Waals surface area contributed by atoms with Gasteiger partial charge in [0.1, 0.15) is 18.9 Å². The van der Waals surface area contributed by atoms with E-state index in [4.69, 9.17) is 17.0 Å². The van der Waals surface area contributed by atoms with E-state index in [1.807, 2.05) is 0 Å². The minimum atomic E-state index is -0.338. The van der Waals surface area contributed by atoms with Gasteiger partial charge in [0.05, 0.1) is 32.5 Å². The van der Waals surface area contributed by atoms with Crippen LogP contribution in [0.15, 0.2) is 27.8 Å². The van der Waals surface area contributed by atoms with E-state index >= 15 is 0 Å². The van der Waals surface area contributed by atoms with Crippen LogP contribution in [0.5, 0.6) is 0 Å². The van der Waals surface area contributed by atoms with Crippen molar-refractivity contribution in [3.05, 3.63) is 34.1 Å². The lowest BCUT2D eigenvalue weighted by Crippen LogP contribution is -3.14. The first-order chi connectivity index (χ1) is 10.6. The van der Waals surface area contributed by atoms with Crippen LogP contribution >= 0.6 is 28.1 Å². The molecule has 1 saturated heterocycles. The largest absolute Gasteiger partial charge is 0.370 e. The van der Waals surface area contributed by atoms with Crippen LogP contribution in [-0.2, 0) is 4.74 Å². The number of hydrogen-bond acceptors (Lipinski definition) is 3. The summed E-state index contributed by atoms with van der Waals surface area (Å²) < 4.78 is 19.6. The molecule has 0 aliphatic carbocycles. The van der Waals surface area contributed by atoms with Crippen LogP contribution in [0.3, 0.4) is 0 Å². The van der Waals surface area contributed by atoms with E-state index in [0.717, 1.165) is 39.4 Å². The quantitative estimate of drug-likeness (QED) is 0.385. The van der Waals surface area contributed by atoms with E-state index in [0.29, 0.717) is 15.1 Å². The normalized spacial score (nSPS) is 15.9. The van der Waals surface area contributed by atoms with Crippen LogP contribution in [0.4, 0.5) is 4.39 Å². The van der Waals surface area contributed by atoms with Crippen LogP contribution in [0, 0.1) is 5.82 Å². The van der Waals surface area contributed by atoms with Gasteiger partial charge >= 0.3 is 0 Å². The first kappa shape index (κ1) is 17.3. The summed E-state index contributed by atoms with van der Waals surface area (Å²) in [4.78, 5) is 1.50. The smallest absolute Gasteiger partial charge is 0.187 e. The molecule has 3 N–H and O–H groups in total. The Morgan fingerprint density at radius 1 is 1.45 bits per heavy atom. The minimum Gasteiger partial charge on any atom is -0.370 e. The van der Waals surface area contributed by atoms with Crippen molar-refractivity contribution in [1.82, 2.24) is 10.7 Å². The fourth-order valence-corrected chi connectivity index (χ4v) is 2.56. The van der Waals surface area contributed by atoms with Crippen molar-refractivity contribution in [3.63, 3.8) is 0 Å². The van der Waals surface area contributed by atoms with Gasteiger partial charge in [-0.1, -0.05) is 15.9 Å². The van der Waals surface area contributed by atoms with Crippen molar-refractivity contribution in [2.45, 2.75) is 0 Å². The Balaban J connectivity index is 1.67. The molecule has 0 saturated carbocycles. The number of rotatable bonds is 5. The van der Waals surface area contributed by atoms with Crippen molar-refractivity contribution in [2.24, 2.45) is 5.10 Å². The molecule has 5 nitrogen and oxygen atoms in total. The highest BCUT2D eigenvalue weighted by Crippen LogP contribution is 2.13. The maximum absolute atomic E-state index is 13.6. The topological polar surface area (TPSA) is 50.1 Å². The molecule has 8 heteroatoms. The average Bonchev–Trinajstić information content (AvgIpc) is 2.50. The Labute approximate surface area is 143 Å². The first-order valence-corrected chi connectivity index (χ1v) is 8.28. The highest BCUT2D eigenvalue weighted by Gasteiger charge is 2.12. The van der Waals surface area contributed by atoms with Gasteiger partial charge in [0.15, 0.2) is 5.11 Å². The number of hydrogen-bond donors (Lipinski definition) is 3. The molecule has 1 aliphatic heterocycles. The molecule has 1 fully saturated rings. The zero-order chi connectivity index (χ0) is 15.8. The van der Waals surface area contributed by atoms with Crippen LogP contribution in [0.1, 0.15) is 5.56 Å². The molecule has 0 atom stereocenters. The molecule has 22 heavy (non-hydrogen) atoms. The molecule has 0 bridgehead atoms. The minimum absolute atomic E-state index is 0.338. The standard InChI is InChI=1S/C14H18BrFN4OS/c15-12-2-1-11(13(16)9-12)10-18-19-14(22)17-3-4-20-5-7-21-8-6-20/h1-2,9-10H,3-8H2,(H2,17,19,22)/p+1/b18-10-. The summed E-state index contributed by atoms with van der Waals surface area (Å²) in [6.45, 7) is 5.45. The summed E-state index contributed by atoms with van der Waals surface area (Å²) >= 11 is 8.33. The maximum atomic E-state index is 13.6. The second kappa shape index (κ2) is 9.14. The molecule has 120 valence electrons. The van der Waals surface area contributed by atoms with Crippen LogP contribution < -0.4 is 15.6 Å². The summed E-state index contributed by atoms with van der Waals surface area (Å²) in [5.41, 5.74) is 3.09. The molecule has 0 unspecified atom stereocenters. The Morgan fingerprint density at radius 2 is 2.23 bits per heavy atom. The van der Waals surface area contributed by atoms with Gasteiger partial charge < -0.3 is 15.0 Å². The van der Waals surface area contributed by atoms with Crippen molar-refractivity contribution in [2.75, 3.05) is 39.4 Å². The van der Waals surface area contributed by atoms with Crippen LogP contribution in [0.2, 0.25) is 0 Å². The Kier molecular flexibility index (Phi) is 7.17. The summed E-state index contributed by atoms with van der Waals surface area (Å²) in [6, 6.07) is 4.79. The fraction of sp³-hybridized carbons (Fsp3) is 0.429. The summed E-state index contributed by atoms with van der Waals surface area (Å²) in [6.07, 6.45) is 1.41. The zero-order valence-electron chi connectivity index (χ0n) is 12.1. The molecule has 1 aliphatic rings. The van der Waals surface area contributed by atoms with E-state index < -0.39 is 0 Å². The predicted octanol–water partition coefficient (Wildman–Crippen LogP) is 0.301. The Hall–Kier alpha value is -1.09. The Morgan fingerprint density at radius 3 is 2.95 bits per heavy atom. The van der Waals surface area contributed by atoms with Gasteiger partial charge in [-0.2, -0.15) is 5.10 Å². The number of benzene rings is 1. The molecule has 0 spiro atoms. The van der Waals surface area contributed by atoms with Crippen molar-refractivity contribution in [3.8, 4) is 0 Å². The average molecular weight is 390 g/mol. The van der Waals surface area contributed by atoms with E-state index in [1.54, 1.807) is 12.1 Å². The second-order valence-corrected chi connectivity index (χ2v) is 6.23. The third-order valence-electron chi connectivity index (χ3n) is 3.30. The predicted molar refractivity (Wildman–Crippen MR) is 91.8 cm³/mol. The lowest BCUT2D eigenvalue weighted by Gasteiger charge is -2.23. The second-order valence-electron chi connectivity index (χ2n) is 4.90. The van der Waals surface area contributed by atoms with Gasteiger partial charge in [0, 0.05) is 10.0 Å². The van der Waals surface area contributed by atoms with Crippen molar-refractivity contribution >= 4 is 39.5 Å². The van der Waals surface area contributed by atoms with E-state index in [-0.39, 0.29) is 5.82 Å². The number of nitrogens with one attached hydrogen (secondary N) is 3. The van der Waals surface area contributed by atoms with E-state index in [9.17, 15) is 4.39 Å². The molecular weight excluding hydrogens is 371 g/mol. The van der Waals surface area contributed by atoms with Gasteiger partial charge in [-0.15, -0.1) is 0 Å². The van der Waals surface area contributed by atoms with Crippen LogP contribution in [0.25, 0.3) is 0 Å². The third kappa shape index (κ3) is 5.96. The molecule has 1 aromatic rings. The van der Waals surface area contributed by atoms with Gasteiger partial charge in [-0.25, -0.2) is 4.39 Å². The SMILES string of the molecule is Fc1cc(Br)ccc1/C=N\NC(=S)NCC[NH+]1CCOCC1. The number of halogens is 2. The fourth-order valence-electron chi connectivity index (χ4n) is 2.07. The summed E-state index contributed by atoms with van der Waals surface area (Å²) in [7, 11) is 0. The van der Waals surface area contributed by atoms with Gasteiger partial charge in [-0.05, 0) is 30.4 Å². The summed E-state index contributed by atoms with van der Waals surface area (Å²) in [5.74, 6) is -0.338. The number of hydrazone groups is 1. The van der Waals surface area contributed by atoms with Gasteiger partial charge in [0.2, 0.25) is 0 Å². The molecule has 1 aromatic carbocycles. The zero-order valence-corrected chi connectivity index (χ0v) is 14.5. The Bertz CT molecular complexity index is 538. The maximum Gasteiger partial charge on any atom is 0.187 e. The molecule has 1 heterocycles. The summed E-state index contributed by atoms with van der Waals surface area (Å²) in [5, 5.41) is 7.45. The first-order valence-electron chi connectivity index (χ1n) is 7.08. The number of ether oxygens (including phenoxy) is 1. The van der Waals surface area contributed by atoms with Crippen molar-refractivity contribution in [1.29, 1.82) is 0 Å². The van der Waals surface area contributed by atoms with E-state index in [2.05, 4.69) is 31.8 Å². The lowest BCUT2D eigenvalue weighted by molar-refractivity contribution is -0.906. The molecular formula is C14H19BrFN4OS+. The molecule has 0 aromatic heterocycles. The third-order valence-corrected chi connectivity index (χ3v) is 4.03. The van der Waals surface area contributed by atoms with Gasteiger partial charge in [0.25, 0.3) is 0 Å². The lowest BCUT2D eigenvalue weighted by atomic mass is 10.2. The van der Waals surface area contributed by atoms with Crippen molar-refractivity contribution < 1.29 is 14.0 Å². The van der Waals surface area contributed by atoms with Crippen LogP contribution in [-0.4, -0.2) is 50.7 Å².